The third kappa shape index (κ3) is 17.9. The Hall–Kier alpha value is -2.28. The largest absolute Gasteiger partial charge is 0.438 e. The quantitative estimate of drug-likeness (QED) is 0.0467. The molecule has 4 bridgehead atoms. The third-order valence-electron chi connectivity index (χ3n) is 19.4. The van der Waals surface area contributed by atoms with E-state index in [0.717, 1.165) is 62.9 Å². The van der Waals surface area contributed by atoms with Gasteiger partial charge in [0.1, 0.15) is 0 Å². The molecule has 10 atom stereocenters. The van der Waals surface area contributed by atoms with Crippen molar-refractivity contribution in [3.05, 3.63) is 0 Å². The van der Waals surface area contributed by atoms with Crippen LogP contribution < -0.4 is 0 Å². The fourth-order valence-electron chi connectivity index (χ4n) is 13.8. The standard InChI is InChI=1S/C16H28O3.C16H30O3.C15H26O3.C15H28O3/c1-6-11(2)13(17)18-10-19-14-15(3,4)12-7-8-16(14,5)9-12;1-7-12(2)13(17)18-11-19-14-15(3,4)9-8-10-16(14,5)6;1-4-11(2)14(16)18-10-17-9-15(3)8-12-5-6-13(15)7-12;1-7-11(2)12(16)17-10-18-13-14(3,4)8-9-15(13,5)6/h11-12,14H,6-10H2,1-5H3;12,14H,7-11H2,1-6H3;11-13H,4-10H2,1-3H3;11,13H,7-10H2,1-6H3. The van der Waals surface area contributed by atoms with Crippen LogP contribution >= 0.6 is 0 Å². The van der Waals surface area contributed by atoms with E-state index in [9.17, 15) is 19.2 Å². The highest BCUT2D eigenvalue weighted by molar-refractivity contribution is 5.72. The molecule has 12 heteroatoms. The fraction of sp³-hybridized carbons (Fsp3) is 0.935. The Morgan fingerprint density at radius 3 is 1.16 bits per heavy atom. The predicted molar refractivity (Wildman–Crippen MR) is 293 cm³/mol. The van der Waals surface area contributed by atoms with Gasteiger partial charge < -0.3 is 37.9 Å². The SMILES string of the molecule is CCC(C)C(=O)OCOC1C(C)(C)CCC1(C)C.CCC(C)C(=O)OCOC1C(C)(C)CCCC1(C)C.CCC(C)C(=O)OCOC1C2(C)CCC(C2)C1(C)C.CCC(C)C(=O)OCOCC1(C)CC2CCC1C2. The summed E-state index contributed by atoms with van der Waals surface area (Å²) in [4.78, 5) is 46.3. The highest BCUT2D eigenvalue weighted by Gasteiger charge is 2.60. The van der Waals surface area contributed by atoms with Gasteiger partial charge in [0.25, 0.3) is 0 Å². The maximum absolute atomic E-state index is 11.6. The Bertz CT molecular complexity index is 1690. The first-order valence-electron chi connectivity index (χ1n) is 29.4. The van der Waals surface area contributed by atoms with Gasteiger partial charge in [-0.3, -0.25) is 19.2 Å². The molecule has 0 N–H and O–H groups in total. The van der Waals surface area contributed by atoms with E-state index < -0.39 is 0 Å². The van der Waals surface area contributed by atoms with Gasteiger partial charge in [-0.2, -0.15) is 0 Å². The molecular formula is C62H112O12. The first kappa shape index (κ1) is 66.0. The minimum Gasteiger partial charge on any atom is -0.438 e. The summed E-state index contributed by atoms with van der Waals surface area (Å²) in [6.07, 6.45) is 18.9. The van der Waals surface area contributed by atoms with Crippen LogP contribution in [0.4, 0.5) is 0 Å². The molecule has 0 amide bonds. The average molecular weight is 1050 g/mol. The average Bonchev–Trinajstić information content (AvgIpc) is 4.13. The lowest BCUT2D eigenvalue weighted by atomic mass is 9.63. The molecule has 12 nitrogen and oxygen atoms in total. The van der Waals surface area contributed by atoms with Gasteiger partial charge in [0, 0.05) is 0 Å². The minimum absolute atomic E-state index is 0.0216. The molecular weight excluding hydrogens is 937 g/mol. The molecule has 0 aromatic rings. The van der Waals surface area contributed by atoms with Crippen LogP contribution in [0.2, 0.25) is 0 Å². The molecule has 0 aliphatic heterocycles. The summed E-state index contributed by atoms with van der Waals surface area (Å²) < 4.78 is 44.1. The van der Waals surface area contributed by atoms with E-state index in [1.165, 1.54) is 64.2 Å². The van der Waals surface area contributed by atoms with Crippen molar-refractivity contribution in [3.63, 3.8) is 0 Å². The lowest BCUT2D eigenvalue weighted by molar-refractivity contribution is -0.192. The lowest BCUT2D eigenvalue weighted by Crippen LogP contribution is -2.47. The van der Waals surface area contributed by atoms with Crippen LogP contribution in [0, 0.1) is 79.3 Å². The monoisotopic (exact) mass is 1050 g/mol. The maximum Gasteiger partial charge on any atom is 0.310 e. The number of rotatable bonds is 21. The Morgan fingerprint density at radius 2 is 0.824 bits per heavy atom. The number of fused-ring (bicyclic) bond motifs is 4. The summed E-state index contributed by atoms with van der Waals surface area (Å²) in [5.74, 6) is 1.75. The van der Waals surface area contributed by atoms with Gasteiger partial charge in [0.15, 0.2) is 27.2 Å². The van der Waals surface area contributed by atoms with Gasteiger partial charge in [-0.15, -0.1) is 0 Å². The Balaban J connectivity index is 0.000000260. The highest BCUT2D eigenvalue weighted by atomic mass is 16.7. The van der Waals surface area contributed by atoms with Gasteiger partial charge in [0.2, 0.25) is 0 Å². The molecule has 6 fully saturated rings. The number of ether oxygens (including phenoxy) is 8. The molecule has 0 heterocycles. The maximum atomic E-state index is 11.6. The van der Waals surface area contributed by atoms with E-state index in [4.69, 9.17) is 37.9 Å². The van der Waals surface area contributed by atoms with Crippen molar-refractivity contribution < 1.29 is 57.1 Å². The number of hydrogen-bond acceptors (Lipinski definition) is 12. The molecule has 74 heavy (non-hydrogen) atoms. The molecule has 0 aromatic carbocycles. The zero-order chi connectivity index (χ0) is 56.1. The Kier molecular flexibility index (Phi) is 25.0. The number of hydrogen-bond donors (Lipinski definition) is 0. The van der Waals surface area contributed by atoms with Crippen LogP contribution in [0.25, 0.3) is 0 Å². The Labute approximate surface area is 452 Å². The summed E-state index contributed by atoms with van der Waals surface area (Å²) in [5.41, 5.74) is 1.41. The van der Waals surface area contributed by atoms with Crippen LogP contribution in [0.1, 0.15) is 241 Å². The molecule has 6 aliphatic rings. The second kappa shape index (κ2) is 28.0. The fourth-order valence-corrected chi connectivity index (χ4v) is 13.8. The molecule has 6 aliphatic carbocycles. The molecule has 0 saturated heterocycles. The molecule has 432 valence electrons. The zero-order valence-corrected chi connectivity index (χ0v) is 51.0. The van der Waals surface area contributed by atoms with Crippen LogP contribution in [0.3, 0.4) is 0 Å². The summed E-state index contributed by atoms with van der Waals surface area (Å²) in [7, 11) is 0. The van der Waals surface area contributed by atoms with E-state index >= 15 is 0 Å². The van der Waals surface area contributed by atoms with Crippen LogP contribution in [-0.4, -0.2) is 76.0 Å². The first-order chi connectivity index (χ1) is 34.3. The van der Waals surface area contributed by atoms with Crippen molar-refractivity contribution in [2.24, 2.45) is 79.3 Å². The number of carbonyl (C=O) groups is 4. The van der Waals surface area contributed by atoms with Crippen molar-refractivity contribution in [1.82, 2.24) is 0 Å². The molecule has 10 unspecified atom stereocenters. The summed E-state index contributed by atoms with van der Waals surface area (Å²) >= 11 is 0. The highest BCUT2D eigenvalue weighted by Crippen LogP contribution is 2.63. The second-order valence-electron chi connectivity index (χ2n) is 28.0. The van der Waals surface area contributed by atoms with Crippen LogP contribution in [0.5, 0.6) is 0 Å². The lowest BCUT2D eigenvalue weighted by Gasteiger charge is -2.48. The number of carbonyl (C=O) groups excluding carboxylic acids is 4. The van der Waals surface area contributed by atoms with Gasteiger partial charge in [-0.05, 0) is 146 Å². The smallest absolute Gasteiger partial charge is 0.310 e. The van der Waals surface area contributed by atoms with Crippen LogP contribution in [-0.2, 0) is 57.1 Å². The number of esters is 4. The minimum atomic E-state index is -0.161. The molecule has 0 aromatic heterocycles. The first-order valence-corrected chi connectivity index (χ1v) is 29.4. The van der Waals surface area contributed by atoms with Gasteiger partial charge in [0.05, 0.1) is 48.6 Å². The normalized spacial score (nSPS) is 30.2. The van der Waals surface area contributed by atoms with E-state index in [1.807, 2.05) is 55.4 Å². The molecule has 6 rings (SSSR count). The van der Waals surface area contributed by atoms with Gasteiger partial charge in [-0.1, -0.05) is 151 Å². The Morgan fingerprint density at radius 1 is 0.446 bits per heavy atom. The molecule has 6 saturated carbocycles. The van der Waals surface area contributed by atoms with Crippen molar-refractivity contribution >= 4 is 23.9 Å². The topological polar surface area (TPSA) is 142 Å². The van der Waals surface area contributed by atoms with E-state index in [-0.39, 0.29) is 126 Å². The van der Waals surface area contributed by atoms with Crippen molar-refractivity contribution in [2.75, 3.05) is 33.8 Å². The summed E-state index contributed by atoms with van der Waals surface area (Å²) in [6, 6.07) is 0. The van der Waals surface area contributed by atoms with Gasteiger partial charge >= 0.3 is 23.9 Å². The summed E-state index contributed by atoms with van der Waals surface area (Å²) in [5, 5.41) is 0. The van der Waals surface area contributed by atoms with Crippen molar-refractivity contribution in [2.45, 2.75) is 260 Å². The van der Waals surface area contributed by atoms with Crippen LogP contribution in [0.15, 0.2) is 0 Å². The van der Waals surface area contributed by atoms with E-state index in [0.29, 0.717) is 5.41 Å². The van der Waals surface area contributed by atoms with E-state index in [1.54, 1.807) is 0 Å². The van der Waals surface area contributed by atoms with Crippen molar-refractivity contribution in [1.29, 1.82) is 0 Å². The molecule has 0 spiro atoms. The van der Waals surface area contributed by atoms with E-state index in [2.05, 4.69) is 83.1 Å². The van der Waals surface area contributed by atoms with Crippen molar-refractivity contribution in [3.8, 4) is 0 Å². The summed E-state index contributed by atoms with van der Waals surface area (Å²) in [6.45, 7) is 43.8. The van der Waals surface area contributed by atoms with Gasteiger partial charge in [-0.25, -0.2) is 0 Å². The third-order valence-corrected chi connectivity index (χ3v) is 19.4. The molecule has 0 radical (unpaired) electrons. The second-order valence-corrected chi connectivity index (χ2v) is 28.0. The predicted octanol–water partition coefficient (Wildman–Crippen LogP) is 15.1. The zero-order valence-electron chi connectivity index (χ0n) is 51.0.